The molecule has 2 aromatic rings. The van der Waals surface area contributed by atoms with Gasteiger partial charge in [0, 0.05) is 30.9 Å². The van der Waals surface area contributed by atoms with Crippen molar-refractivity contribution in [3.63, 3.8) is 0 Å². The quantitative estimate of drug-likeness (QED) is 0.717. The van der Waals surface area contributed by atoms with Crippen molar-refractivity contribution in [2.75, 3.05) is 19.0 Å². The van der Waals surface area contributed by atoms with E-state index in [9.17, 15) is 4.79 Å². The number of ether oxygens (including phenoxy) is 1. The van der Waals surface area contributed by atoms with Crippen LogP contribution in [0.4, 0.5) is 10.5 Å². The Morgan fingerprint density at radius 1 is 1.35 bits per heavy atom. The summed E-state index contributed by atoms with van der Waals surface area (Å²) in [5, 5.41) is 18.3. The second-order valence-electron chi connectivity index (χ2n) is 6.97. The maximum atomic E-state index is 11.2. The van der Waals surface area contributed by atoms with E-state index in [0.29, 0.717) is 5.69 Å². The fourth-order valence-electron chi connectivity index (χ4n) is 2.12. The summed E-state index contributed by atoms with van der Waals surface area (Å²) in [4.78, 5) is 15.8. The Kier molecular flexibility index (Phi) is 9.90. The van der Waals surface area contributed by atoms with Crippen LogP contribution in [0.2, 0.25) is 0 Å². The Balaban J connectivity index is 0.000000770. The summed E-state index contributed by atoms with van der Waals surface area (Å²) in [7, 11) is 3.34. The highest BCUT2D eigenvalue weighted by atomic mass is 16.5. The number of aliphatic hydroxyl groups is 2. The van der Waals surface area contributed by atoms with Crippen LogP contribution < -0.4 is 5.32 Å². The number of aliphatic hydroxyl groups excluding tert-OH is 2. The van der Waals surface area contributed by atoms with Gasteiger partial charge in [0.15, 0.2) is 0 Å². The lowest BCUT2D eigenvalue weighted by molar-refractivity contribution is 0.187. The number of hydrogen-bond acceptors (Lipinski definition) is 5. The molecule has 0 spiro atoms. The summed E-state index contributed by atoms with van der Waals surface area (Å²) in [5.41, 5.74) is 2.56. The molecule has 26 heavy (non-hydrogen) atoms. The van der Waals surface area contributed by atoms with Crippen molar-refractivity contribution < 1.29 is 19.7 Å². The molecule has 1 amide bonds. The molecule has 0 radical (unpaired) electrons. The fraction of sp³-hybridized carbons (Fsp3) is 0.579. The molecule has 0 fully saturated rings. The molecule has 1 aromatic carbocycles. The topological polar surface area (TPSA) is 96.6 Å². The Bertz CT molecular complexity index is 685. The lowest BCUT2D eigenvalue weighted by Gasteiger charge is -2.17. The van der Waals surface area contributed by atoms with E-state index in [1.807, 2.05) is 25.2 Å². The zero-order valence-corrected chi connectivity index (χ0v) is 17.1. The highest BCUT2D eigenvalue weighted by Gasteiger charge is 2.21. The Hall–Kier alpha value is -2.12. The van der Waals surface area contributed by atoms with Crippen LogP contribution in [0.25, 0.3) is 11.0 Å². The maximum Gasteiger partial charge on any atom is 0.411 e. The van der Waals surface area contributed by atoms with Crippen molar-refractivity contribution in [1.29, 1.82) is 0 Å². The molecule has 0 unspecified atom stereocenters. The van der Waals surface area contributed by atoms with Crippen molar-refractivity contribution in [3.05, 3.63) is 24.0 Å². The maximum absolute atomic E-state index is 11.2. The highest BCUT2D eigenvalue weighted by Crippen LogP contribution is 2.26. The number of methoxy groups -OCH3 is 1. The van der Waals surface area contributed by atoms with E-state index in [1.54, 1.807) is 20.8 Å². The molecular formula is C19H33N3O4. The van der Waals surface area contributed by atoms with Crippen LogP contribution in [0.5, 0.6) is 0 Å². The molecule has 7 nitrogen and oxygen atoms in total. The van der Waals surface area contributed by atoms with Crippen molar-refractivity contribution in [2.24, 2.45) is 7.05 Å². The summed E-state index contributed by atoms with van der Waals surface area (Å²) in [6.45, 7) is 11.8. The van der Waals surface area contributed by atoms with Crippen LogP contribution in [0.15, 0.2) is 18.2 Å². The van der Waals surface area contributed by atoms with Gasteiger partial charge in [-0.05, 0) is 39.0 Å². The number of benzene rings is 1. The summed E-state index contributed by atoms with van der Waals surface area (Å²) in [5.74, 6) is 1.01. The summed E-state index contributed by atoms with van der Waals surface area (Å²) < 4.78 is 6.65. The zero-order valence-electron chi connectivity index (χ0n) is 17.1. The van der Waals surface area contributed by atoms with Gasteiger partial charge in [0.2, 0.25) is 0 Å². The van der Waals surface area contributed by atoms with Crippen LogP contribution >= 0.6 is 0 Å². The standard InChI is InChI=1S/C14H19N3O2.C3H8O.C2H6O/c1-14(2,3)12-16-10-8-9(15-13(18)19-5)6-7-11(10)17(12)4;1-3(2)4;1-2-3/h6-8H,1-5H3,(H,15,18);3-4H,1-2H3;3H,2H2,1H3. The van der Waals surface area contributed by atoms with Crippen LogP contribution in [-0.2, 0) is 17.2 Å². The lowest BCUT2D eigenvalue weighted by Crippen LogP contribution is -2.17. The minimum absolute atomic E-state index is 0.0241. The number of hydrogen-bond donors (Lipinski definition) is 3. The molecule has 1 aromatic heterocycles. The Morgan fingerprint density at radius 3 is 2.27 bits per heavy atom. The number of amides is 1. The van der Waals surface area contributed by atoms with E-state index in [0.717, 1.165) is 16.9 Å². The number of rotatable bonds is 1. The van der Waals surface area contributed by atoms with E-state index in [1.165, 1.54) is 7.11 Å². The molecule has 0 aliphatic heterocycles. The molecule has 7 heteroatoms. The molecule has 0 aliphatic carbocycles. The van der Waals surface area contributed by atoms with Crippen molar-refractivity contribution >= 4 is 22.8 Å². The zero-order chi connectivity index (χ0) is 20.5. The van der Waals surface area contributed by atoms with Gasteiger partial charge in [-0.25, -0.2) is 9.78 Å². The molecule has 0 atom stereocenters. The van der Waals surface area contributed by atoms with Crippen LogP contribution in [-0.4, -0.2) is 45.7 Å². The fourth-order valence-corrected chi connectivity index (χ4v) is 2.12. The number of carbonyl (C=O) groups excluding carboxylic acids is 1. The number of nitrogens with zero attached hydrogens (tertiary/aromatic N) is 2. The minimum Gasteiger partial charge on any atom is -0.453 e. The number of fused-ring (bicyclic) bond motifs is 1. The number of nitrogens with one attached hydrogen (secondary N) is 1. The van der Waals surface area contributed by atoms with Crippen molar-refractivity contribution in [3.8, 4) is 0 Å². The molecular weight excluding hydrogens is 334 g/mol. The van der Waals surface area contributed by atoms with Gasteiger partial charge in [-0.3, -0.25) is 5.32 Å². The largest absolute Gasteiger partial charge is 0.453 e. The molecule has 3 N–H and O–H groups in total. The highest BCUT2D eigenvalue weighted by molar-refractivity contribution is 5.88. The first kappa shape index (κ1) is 23.9. The van der Waals surface area contributed by atoms with Crippen LogP contribution in [0.3, 0.4) is 0 Å². The first-order valence-electron chi connectivity index (χ1n) is 8.58. The molecule has 1 heterocycles. The number of aryl methyl sites for hydroxylation is 1. The van der Waals surface area contributed by atoms with Gasteiger partial charge in [0.25, 0.3) is 0 Å². The normalized spacial score (nSPS) is 10.6. The Labute approximate surface area is 156 Å². The molecule has 0 aliphatic rings. The first-order chi connectivity index (χ1) is 12.0. The third-order valence-corrected chi connectivity index (χ3v) is 2.98. The number of aromatic nitrogens is 2. The van der Waals surface area contributed by atoms with Gasteiger partial charge in [-0.1, -0.05) is 20.8 Å². The molecule has 0 saturated heterocycles. The second kappa shape index (κ2) is 10.8. The summed E-state index contributed by atoms with van der Waals surface area (Å²) in [6.07, 6.45) is -0.647. The van der Waals surface area contributed by atoms with E-state index in [4.69, 9.17) is 10.2 Å². The predicted octanol–water partition coefficient (Wildman–Crippen LogP) is 3.43. The molecule has 148 valence electrons. The predicted molar refractivity (Wildman–Crippen MR) is 106 cm³/mol. The molecule has 2 rings (SSSR count). The van der Waals surface area contributed by atoms with Gasteiger partial charge in [0.1, 0.15) is 5.82 Å². The number of anilines is 1. The molecule has 0 bridgehead atoms. The third-order valence-electron chi connectivity index (χ3n) is 2.98. The first-order valence-corrected chi connectivity index (χ1v) is 8.58. The van der Waals surface area contributed by atoms with Crippen molar-refractivity contribution in [1.82, 2.24) is 9.55 Å². The van der Waals surface area contributed by atoms with Gasteiger partial charge >= 0.3 is 6.09 Å². The minimum atomic E-state index is -0.480. The van der Waals surface area contributed by atoms with Crippen LogP contribution in [0, 0.1) is 0 Å². The van der Waals surface area contributed by atoms with E-state index < -0.39 is 6.09 Å². The average Bonchev–Trinajstić information content (AvgIpc) is 2.84. The second-order valence-corrected chi connectivity index (χ2v) is 6.97. The van der Waals surface area contributed by atoms with Gasteiger partial charge in [-0.15, -0.1) is 0 Å². The molecule has 0 saturated carbocycles. The van der Waals surface area contributed by atoms with Crippen molar-refractivity contribution in [2.45, 2.75) is 53.1 Å². The van der Waals surface area contributed by atoms with E-state index in [2.05, 4.69) is 40.4 Å². The van der Waals surface area contributed by atoms with E-state index in [-0.39, 0.29) is 18.1 Å². The summed E-state index contributed by atoms with van der Waals surface area (Å²) in [6, 6.07) is 5.64. The monoisotopic (exact) mass is 367 g/mol. The lowest BCUT2D eigenvalue weighted by atomic mass is 9.96. The number of imidazole rings is 1. The number of carbonyl (C=O) groups is 1. The summed E-state index contributed by atoms with van der Waals surface area (Å²) >= 11 is 0. The van der Waals surface area contributed by atoms with Gasteiger partial charge in [-0.2, -0.15) is 0 Å². The van der Waals surface area contributed by atoms with Crippen LogP contribution in [0.1, 0.15) is 47.4 Å². The smallest absolute Gasteiger partial charge is 0.411 e. The Morgan fingerprint density at radius 2 is 1.85 bits per heavy atom. The third kappa shape index (κ3) is 7.84. The van der Waals surface area contributed by atoms with Gasteiger partial charge < -0.3 is 19.5 Å². The SMILES string of the molecule is CC(C)O.CCO.COC(=O)Nc1ccc2c(c1)nc(C(C)(C)C)n2C. The van der Waals surface area contributed by atoms with Gasteiger partial charge in [0.05, 0.1) is 18.1 Å². The van der Waals surface area contributed by atoms with E-state index >= 15 is 0 Å². The average molecular weight is 367 g/mol.